The number of hydrogen-bond acceptors (Lipinski definition) is 4. The fraction of sp³-hybridized carbons (Fsp3) is 0.200. The predicted molar refractivity (Wildman–Crippen MR) is 56.2 cm³/mol. The van der Waals surface area contributed by atoms with Gasteiger partial charge in [0.15, 0.2) is 0 Å². The van der Waals surface area contributed by atoms with Gasteiger partial charge in [0.25, 0.3) is 0 Å². The van der Waals surface area contributed by atoms with E-state index in [0.717, 1.165) is 21.3 Å². The van der Waals surface area contributed by atoms with Crippen LogP contribution in [-0.4, -0.2) is 10.5 Å². The Labute approximate surface area is 85.3 Å². The zero-order valence-corrected chi connectivity index (χ0v) is 8.47. The second-order valence-corrected chi connectivity index (χ2v) is 3.77. The molecule has 0 saturated carbocycles. The van der Waals surface area contributed by atoms with Gasteiger partial charge in [-0.15, -0.1) is 0 Å². The molecule has 0 bridgehead atoms. The van der Waals surface area contributed by atoms with E-state index in [1.54, 1.807) is 6.08 Å². The lowest BCUT2D eigenvalue weighted by Gasteiger charge is -1.97. The van der Waals surface area contributed by atoms with Crippen LogP contribution in [-0.2, 0) is 11.3 Å². The number of hydrogen-bond donors (Lipinski definition) is 0. The molecular formula is C10H8N2OS. The molecule has 4 heteroatoms. The van der Waals surface area contributed by atoms with Crippen LogP contribution in [0.3, 0.4) is 0 Å². The van der Waals surface area contributed by atoms with Crippen molar-refractivity contribution < 1.29 is 4.79 Å². The Balaban J connectivity index is 2.62. The van der Waals surface area contributed by atoms with Crippen molar-refractivity contribution in [1.82, 2.24) is 4.37 Å². The fourth-order valence-electron chi connectivity index (χ4n) is 1.48. The molecular weight excluding hydrogens is 196 g/mol. The van der Waals surface area contributed by atoms with E-state index in [0.29, 0.717) is 6.54 Å². The van der Waals surface area contributed by atoms with Crippen molar-refractivity contribution in [1.29, 1.82) is 0 Å². The molecule has 0 aliphatic heterocycles. The van der Waals surface area contributed by atoms with Crippen molar-refractivity contribution >= 4 is 27.7 Å². The van der Waals surface area contributed by atoms with Gasteiger partial charge in [-0.3, -0.25) is 0 Å². The van der Waals surface area contributed by atoms with E-state index < -0.39 is 0 Å². The number of aliphatic imine (C=N–C) groups is 1. The smallest absolute Gasteiger partial charge is 0.211 e. The van der Waals surface area contributed by atoms with E-state index in [-0.39, 0.29) is 0 Å². The van der Waals surface area contributed by atoms with Crippen LogP contribution in [0.4, 0.5) is 0 Å². The average molecular weight is 204 g/mol. The van der Waals surface area contributed by atoms with Gasteiger partial charge >= 0.3 is 0 Å². The Morgan fingerprint density at radius 1 is 1.57 bits per heavy atom. The van der Waals surface area contributed by atoms with Crippen molar-refractivity contribution in [3.8, 4) is 0 Å². The molecule has 1 heterocycles. The first kappa shape index (κ1) is 9.06. The van der Waals surface area contributed by atoms with E-state index in [2.05, 4.69) is 9.37 Å². The summed E-state index contributed by atoms with van der Waals surface area (Å²) in [7, 11) is 0. The van der Waals surface area contributed by atoms with E-state index >= 15 is 0 Å². The average Bonchev–Trinajstić information content (AvgIpc) is 2.58. The summed E-state index contributed by atoms with van der Waals surface area (Å²) in [6.45, 7) is 2.35. The van der Waals surface area contributed by atoms with Crippen molar-refractivity contribution in [3.05, 3.63) is 29.5 Å². The molecule has 1 aromatic carbocycles. The van der Waals surface area contributed by atoms with E-state index in [9.17, 15) is 4.79 Å². The Bertz CT molecular complexity index is 512. The molecule has 0 N–H and O–H groups in total. The van der Waals surface area contributed by atoms with Crippen molar-refractivity contribution in [2.24, 2.45) is 4.99 Å². The minimum Gasteiger partial charge on any atom is -0.211 e. The third-order valence-corrected chi connectivity index (χ3v) is 2.97. The van der Waals surface area contributed by atoms with Crippen molar-refractivity contribution in [2.45, 2.75) is 13.5 Å². The largest absolute Gasteiger partial charge is 0.235 e. The number of aryl methyl sites for hydroxylation is 1. The van der Waals surface area contributed by atoms with Gasteiger partial charge in [-0.1, -0.05) is 12.1 Å². The Morgan fingerprint density at radius 2 is 2.43 bits per heavy atom. The minimum atomic E-state index is 0.389. The Hall–Kier alpha value is -1.51. The molecule has 0 radical (unpaired) electrons. The lowest BCUT2D eigenvalue weighted by Crippen LogP contribution is -1.83. The van der Waals surface area contributed by atoms with Crippen molar-refractivity contribution in [3.63, 3.8) is 0 Å². The van der Waals surface area contributed by atoms with Crippen LogP contribution in [0.1, 0.15) is 11.3 Å². The molecule has 0 amide bonds. The van der Waals surface area contributed by atoms with Gasteiger partial charge in [0, 0.05) is 5.39 Å². The van der Waals surface area contributed by atoms with E-state index in [4.69, 9.17) is 0 Å². The molecule has 3 nitrogen and oxygen atoms in total. The van der Waals surface area contributed by atoms with Gasteiger partial charge in [0.2, 0.25) is 6.08 Å². The third-order valence-electron chi connectivity index (χ3n) is 2.07. The summed E-state index contributed by atoms with van der Waals surface area (Å²) in [4.78, 5) is 13.6. The number of benzene rings is 1. The van der Waals surface area contributed by atoms with Gasteiger partial charge in [0.05, 0.1) is 16.9 Å². The predicted octanol–water partition coefficient (Wildman–Crippen LogP) is 2.44. The molecule has 70 valence electrons. The summed E-state index contributed by atoms with van der Waals surface area (Å²) < 4.78 is 5.41. The molecule has 0 saturated heterocycles. The summed E-state index contributed by atoms with van der Waals surface area (Å²) in [5.41, 5.74) is 2.04. The Kier molecular flexibility index (Phi) is 2.39. The molecule has 1 aromatic heterocycles. The first-order valence-electron chi connectivity index (χ1n) is 4.20. The zero-order chi connectivity index (χ0) is 9.97. The van der Waals surface area contributed by atoms with Gasteiger partial charge in [0.1, 0.15) is 0 Å². The number of carbonyl (C=O) groups excluding carboxylic acids is 1. The van der Waals surface area contributed by atoms with Gasteiger partial charge in [-0.25, -0.2) is 9.79 Å². The number of rotatable bonds is 2. The maximum Gasteiger partial charge on any atom is 0.235 e. The minimum absolute atomic E-state index is 0.389. The third kappa shape index (κ3) is 1.45. The highest BCUT2D eigenvalue weighted by Crippen LogP contribution is 2.25. The molecule has 2 rings (SSSR count). The summed E-state index contributed by atoms with van der Waals surface area (Å²) >= 11 is 1.47. The van der Waals surface area contributed by atoms with Crippen LogP contribution in [0.5, 0.6) is 0 Å². The van der Waals surface area contributed by atoms with Crippen LogP contribution >= 0.6 is 11.5 Å². The summed E-state index contributed by atoms with van der Waals surface area (Å²) in [6.07, 6.45) is 1.55. The van der Waals surface area contributed by atoms with Gasteiger partial charge < -0.3 is 0 Å². The normalized spacial score (nSPS) is 10.1. The summed E-state index contributed by atoms with van der Waals surface area (Å²) in [5, 5.41) is 1.12. The maximum absolute atomic E-state index is 10.0. The second kappa shape index (κ2) is 3.70. The lowest BCUT2D eigenvalue weighted by atomic mass is 10.1. The van der Waals surface area contributed by atoms with E-state index in [1.165, 1.54) is 11.5 Å². The SMILES string of the molecule is Cc1nsc2cccc(CN=C=O)c12. The van der Waals surface area contributed by atoms with Crippen LogP contribution in [0.15, 0.2) is 23.2 Å². The van der Waals surface area contributed by atoms with Gasteiger partial charge in [-0.05, 0) is 30.1 Å². The quantitative estimate of drug-likeness (QED) is 0.557. The number of aromatic nitrogens is 1. The molecule has 2 aromatic rings. The highest BCUT2D eigenvalue weighted by molar-refractivity contribution is 7.13. The first-order valence-corrected chi connectivity index (χ1v) is 4.98. The molecule has 0 atom stereocenters. The lowest BCUT2D eigenvalue weighted by molar-refractivity contribution is 0.563. The topological polar surface area (TPSA) is 42.3 Å². The molecule has 0 aliphatic rings. The highest BCUT2D eigenvalue weighted by Gasteiger charge is 2.05. The van der Waals surface area contributed by atoms with Gasteiger partial charge in [-0.2, -0.15) is 4.37 Å². The number of nitrogens with zero attached hydrogens (tertiary/aromatic N) is 2. The van der Waals surface area contributed by atoms with Crippen molar-refractivity contribution in [2.75, 3.05) is 0 Å². The maximum atomic E-state index is 10.0. The van der Waals surface area contributed by atoms with Crippen LogP contribution in [0, 0.1) is 6.92 Å². The summed E-state index contributed by atoms with van der Waals surface area (Å²) in [6, 6.07) is 5.94. The molecule has 14 heavy (non-hydrogen) atoms. The number of isocyanates is 1. The molecule has 0 fully saturated rings. The zero-order valence-electron chi connectivity index (χ0n) is 7.65. The van der Waals surface area contributed by atoms with E-state index in [1.807, 2.05) is 25.1 Å². The second-order valence-electron chi connectivity index (χ2n) is 2.97. The monoisotopic (exact) mass is 204 g/mol. The van der Waals surface area contributed by atoms with Crippen LogP contribution in [0.25, 0.3) is 10.1 Å². The standard InChI is InChI=1S/C10H8N2OS/c1-7-10-8(5-11-6-13)3-2-4-9(10)14-12-7/h2-4H,5H2,1H3. The fourth-order valence-corrected chi connectivity index (χ4v) is 2.31. The molecule has 0 spiro atoms. The van der Waals surface area contributed by atoms with Crippen LogP contribution in [0.2, 0.25) is 0 Å². The summed E-state index contributed by atoms with van der Waals surface area (Å²) in [5.74, 6) is 0. The molecule has 0 aliphatic carbocycles. The highest BCUT2D eigenvalue weighted by atomic mass is 32.1. The molecule has 0 unspecified atom stereocenters. The Morgan fingerprint density at radius 3 is 3.21 bits per heavy atom. The van der Waals surface area contributed by atoms with Crippen LogP contribution < -0.4 is 0 Å². The number of fused-ring (bicyclic) bond motifs is 1. The first-order chi connectivity index (χ1) is 6.83.